The molecule has 0 amide bonds. The molecule has 106 valence electrons. The summed E-state index contributed by atoms with van der Waals surface area (Å²) in [5.41, 5.74) is -0.146. The summed E-state index contributed by atoms with van der Waals surface area (Å²) in [6.45, 7) is 0.573. The molecule has 2 N–H and O–H groups in total. The monoisotopic (exact) mass is 275 g/mol. The summed E-state index contributed by atoms with van der Waals surface area (Å²) in [6, 6.07) is 4.95. The van der Waals surface area contributed by atoms with E-state index in [1.54, 1.807) is 11.0 Å². The van der Waals surface area contributed by atoms with Gasteiger partial charge in [-0.3, -0.25) is 4.90 Å². The molecule has 0 aromatic heterocycles. The maximum absolute atomic E-state index is 12.6. The average molecular weight is 275 g/mol. The number of nitrogens with zero attached hydrogens (tertiary/aromatic N) is 1. The van der Waals surface area contributed by atoms with Crippen molar-refractivity contribution in [3.05, 3.63) is 35.4 Å². The van der Waals surface area contributed by atoms with Crippen LogP contribution in [0.2, 0.25) is 0 Å². The first-order valence-electron chi connectivity index (χ1n) is 6.09. The summed E-state index contributed by atoms with van der Waals surface area (Å²) >= 11 is 0. The minimum atomic E-state index is -4.35. The summed E-state index contributed by atoms with van der Waals surface area (Å²) in [6.07, 6.45) is -4.42. The van der Waals surface area contributed by atoms with Crippen molar-refractivity contribution in [2.45, 2.75) is 31.3 Å². The van der Waals surface area contributed by atoms with Gasteiger partial charge in [-0.2, -0.15) is 13.2 Å². The third-order valence-electron chi connectivity index (χ3n) is 3.36. The Kier molecular flexibility index (Phi) is 4.13. The van der Waals surface area contributed by atoms with Crippen molar-refractivity contribution >= 4 is 0 Å². The molecule has 0 bridgehead atoms. The summed E-state index contributed by atoms with van der Waals surface area (Å²) in [5, 5.41) is 18.7. The molecule has 0 saturated carbocycles. The predicted octanol–water partition coefficient (Wildman–Crippen LogP) is 1.63. The number of alkyl halides is 3. The predicted molar refractivity (Wildman–Crippen MR) is 63.4 cm³/mol. The van der Waals surface area contributed by atoms with Crippen LogP contribution in [0, 0.1) is 0 Å². The van der Waals surface area contributed by atoms with E-state index in [1.807, 2.05) is 0 Å². The van der Waals surface area contributed by atoms with E-state index in [9.17, 15) is 23.4 Å². The molecule has 0 radical (unpaired) electrons. The minimum Gasteiger partial charge on any atom is -0.395 e. The molecule has 2 rings (SSSR count). The fourth-order valence-corrected chi connectivity index (χ4v) is 2.42. The first-order valence-corrected chi connectivity index (χ1v) is 6.09. The maximum Gasteiger partial charge on any atom is 0.416 e. The highest BCUT2D eigenvalue weighted by atomic mass is 19.4. The minimum absolute atomic E-state index is 0.101. The molecular formula is C13H16F3NO2. The molecule has 2 atom stereocenters. The summed E-state index contributed by atoms with van der Waals surface area (Å²) in [7, 11) is 0. The van der Waals surface area contributed by atoms with Gasteiger partial charge in [0.2, 0.25) is 0 Å². The Hall–Kier alpha value is -1.11. The van der Waals surface area contributed by atoms with Crippen molar-refractivity contribution in [2.24, 2.45) is 0 Å². The SMILES string of the molecule is OC[C@H]1C[C@@H](O)CN1Cc1cccc(C(F)(F)F)c1. The van der Waals surface area contributed by atoms with Crippen LogP contribution in [0.15, 0.2) is 24.3 Å². The number of hydrogen-bond donors (Lipinski definition) is 2. The van der Waals surface area contributed by atoms with E-state index >= 15 is 0 Å². The molecule has 1 heterocycles. The molecule has 0 aliphatic carbocycles. The first kappa shape index (κ1) is 14.3. The molecule has 1 aliphatic rings. The van der Waals surface area contributed by atoms with Gasteiger partial charge in [-0.15, -0.1) is 0 Å². The van der Waals surface area contributed by atoms with Crippen LogP contribution < -0.4 is 0 Å². The van der Waals surface area contributed by atoms with Crippen LogP contribution in [0.1, 0.15) is 17.5 Å². The Balaban J connectivity index is 2.11. The van der Waals surface area contributed by atoms with Crippen molar-refractivity contribution < 1.29 is 23.4 Å². The summed E-state index contributed by atoms with van der Waals surface area (Å²) in [5.74, 6) is 0. The Bertz CT molecular complexity index is 436. The number of halogens is 3. The maximum atomic E-state index is 12.6. The van der Waals surface area contributed by atoms with Crippen molar-refractivity contribution in [3.63, 3.8) is 0 Å². The van der Waals surface area contributed by atoms with Gasteiger partial charge in [-0.05, 0) is 18.1 Å². The number of benzene rings is 1. The zero-order valence-electron chi connectivity index (χ0n) is 10.3. The van der Waals surface area contributed by atoms with Crippen LogP contribution in [-0.4, -0.2) is 40.4 Å². The Morgan fingerprint density at radius 2 is 2.05 bits per heavy atom. The standard InChI is InChI=1S/C13H16F3NO2/c14-13(15,16)10-3-1-2-9(4-10)6-17-7-12(19)5-11(17)8-18/h1-4,11-12,18-19H,5-8H2/t11-,12-/m1/s1. The number of aliphatic hydroxyl groups is 2. The molecule has 1 aromatic carbocycles. The van der Waals surface area contributed by atoms with Gasteiger partial charge < -0.3 is 10.2 Å². The third kappa shape index (κ3) is 3.46. The number of β-amino-alcohol motifs (C(OH)–C–C–N with tert-alkyl or cyclic N) is 1. The smallest absolute Gasteiger partial charge is 0.395 e. The zero-order chi connectivity index (χ0) is 14.0. The molecule has 1 aliphatic heterocycles. The molecule has 1 aromatic rings. The van der Waals surface area contributed by atoms with Crippen LogP contribution in [0.3, 0.4) is 0 Å². The van der Waals surface area contributed by atoms with E-state index in [4.69, 9.17) is 0 Å². The van der Waals surface area contributed by atoms with Gasteiger partial charge in [0.05, 0.1) is 18.3 Å². The molecule has 3 nitrogen and oxygen atoms in total. The lowest BCUT2D eigenvalue weighted by molar-refractivity contribution is -0.137. The van der Waals surface area contributed by atoms with Crippen LogP contribution in [0.25, 0.3) is 0 Å². The van der Waals surface area contributed by atoms with E-state index in [1.165, 1.54) is 6.07 Å². The van der Waals surface area contributed by atoms with Crippen molar-refractivity contribution in [1.29, 1.82) is 0 Å². The van der Waals surface area contributed by atoms with E-state index < -0.39 is 17.8 Å². The van der Waals surface area contributed by atoms with Gasteiger partial charge in [0.1, 0.15) is 0 Å². The Morgan fingerprint density at radius 1 is 1.32 bits per heavy atom. The van der Waals surface area contributed by atoms with Crippen LogP contribution in [0.4, 0.5) is 13.2 Å². The first-order chi connectivity index (χ1) is 8.90. The van der Waals surface area contributed by atoms with Gasteiger partial charge in [-0.1, -0.05) is 18.2 Å². The molecular weight excluding hydrogens is 259 g/mol. The molecule has 1 saturated heterocycles. The topological polar surface area (TPSA) is 43.7 Å². The van der Waals surface area contributed by atoms with Gasteiger partial charge in [-0.25, -0.2) is 0 Å². The molecule has 6 heteroatoms. The normalized spacial score (nSPS) is 24.9. The molecule has 19 heavy (non-hydrogen) atoms. The lowest BCUT2D eigenvalue weighted by Crippen LogP contribution is -2.31. The molecule has 0 unspecified atom stereocenters. The third-order valence-corrected chi connectivity index (χ3v) is 3.36. The lowest BCUT2D eigenvalue weighted by Gasteiger charge is -2.22. The van der Waals surface area contributed by atoms with Gasteiger partial charge in [0.25, 0.3) is 0 Å². The van der Waals surface area contributed by atoms with E-state index in [-0.39, 0.29) is 12.6 Å². The molecule has 0 spiro atoms. The second-order valence-corrected chi connectivity index (χ2v) is 4.85. The highest BCUT2D eigenvalue weighted by Gasteiger charge is 2.32. The fourth-order valence-electron chi connectivity index (χ4n) is 2.42. The Morgan fingerprint density at radius 3 is 2.68 bits per heavy atom. The van der Waals surface area contributed by atoms with Crippen LogP contribution >= 0.6 is 0 Å². The number of rotatable bonds is 3. The number of aliphatic hydroxyl groups excluding tert-OH is 2. The van der Waals surface area contributed by atoms with Crippen LogP contribution in [-0.2, 0) is 12.7 Å². The quantitative estimate of drug-likeness (QED) is 0.881. The summed E-state index contributed by atoms with van der Waals surface area (Å²) in [4.78, 5) is 1.81. The van der Waals surface area contributed by atoms with Crippen molar-refractivity contribution in [1.82, 2.24) is 4.90 Å². The number of hydrogen-bond acceptors (Lipinski definition) is 3. The number of likely N-dealkylation sites (tertiary alicyclic amines) is 1. The van der Waals surface area contributed by atoms with Crippen molar-refractivity contribution in [3.8, 4) is 0 Å². The highest BCUT2D eigenvalue weighted by Crippen LogP contribution is 2.30. The Labute approximate surface area is 109 Å². The molecule has 1 fully saturated rings. The second kappa shape index (κ2) is 5.48. The average Bonchev–Trinajstić information content (AvgIpc) is 2.69. The highest BCUT2D eigenvalue weighted by molar-refractivity contribution is 5.25. The van der Waals surface area contributed by atoms with E-state index in [2.05, 4.69) is 0 Å². The second-order valence-electron chi connectivity index (χ2n) is 4.85. The zero-order valence-corrected chi connectivity index (χ0v) is 10.3. The van der Waals surface area contributed by atoms with Gasteiger partial charge >= 0.3 is 6.18 Å². The van der Waals surface area contributed by atoms with Gasteiger partial charge in [0.15, 0.2) is 0 Å². The van der Waals surface area contributed by atoms with Crippen LogP contribution in [0.5, 0.6) is 0 Å². The van der Waals surface area contributed by atoms with Gasteiger partial charge in [0, 0.05) is 19.1 Å². The van der Waals surface area contributed by atoms with E-state index in [0.29, 0.717) is 25.1 Å². The lowest BCUT2D eigenvalue weighted by atomic mass is 10.1. The van der Waals surface area contributed by atoms with Crippen molar-refractivity contribution in [2.75, 3.05) is 13.2 Å². The van der Waals surface area contributed by atoms with E-state index in [0.717, 1.165) is 12.1 Å². The fraction of sp³-hybridized carbons (Fsp3) is 0.538. The summed E-state index contributed by atoms with van der Waals surface area (Å²) < 4.78 is 37.8. The largest absolute Gasteiger partial charge is 0.416 e.